The predicted octanol–water partition coefficient (Wildman–Crippen LogP) is 9.26. The lowest BCUT2D eigenvalue weighted by atomic mass is 9.97. The first-order valence-electron chi connectivity index (χ1n) is 27.5. The molecule has 1 saturated heterocycles. The van der Waals surface area contributed by atoms with Gasteiger partial charge in [-0.05, 0) is 99.7 Å². The van der Waals surface area contributed by atoms with Crippen LogP contribution in [0.2, 0.25) is 10.0 Å². The van der Waals surface area contributed by atoms with Crippen molar-refractivity contribution in [1.82, 2.24) is 44.9 Å². The number of hydrogen-bond donors (Lipinski definition) is 5. The Hall–Kier alpha value is -8.95. The molecule has 1 saturated carbocycles. The van der Waals surface area contributed by atoms with E-state index in [9.17, 15) is 64.7 Å². The molecule has 23 nitrogen and oxygen atoms in total. The van der Waals surface area contributed by atoms with Gasteiger partial charge < -0.3 is 42.1 Å². The number of fused-ring (bicyclic) bond motifs is 2. The number of piperidine rings is 1. The number of primary amides is 2. The number of hydrogen-bond acceptors (Lipinski definition) is 10. The fourth-order valence-corrected chi connectivity index (χ4v) is 9.70. The number of likely N-dealkylation sites (tertiary alicyclic amines) is 1. The Balaban J connectivity index is 0.000000251. The van der Waals surface area contributed by atoms with Crippen LogP contribution in [-0.4, -0.2) is 132 Å². The fourth-order valence-electron chi connectivity index (χ4n) is 9.32. The Bertz CT molecular complexity index is 3650. The van der Waals surface area contributed by atoms with E-state index in [0.29, 0.717) is 23.9 Å². The first-order chi connectivity index (χ1) is 41.5. The van der Waals surface area contributed by atoms with Crippen molar-refractivity contribution in [2.45, 2.75) is 123 Å². The quantitative estimate of drug-likeness (QED) is 0.0235. The van der Waals surface area contributed by atoms with Crippen molar-refractivity contribution < 1.29 is 64.7 Å². The van der Waals surface area contributed by atoms with E-state index in [1.165, 1.54) is 84.7 Å². The molecule has 2 aromatic heterocycles. The average molecular weight is 1270 g/mol. The maximum absolute atomic E-state index is 14.2. The standard InChI is InChI=1S/C28H31ClF3N7O4.C23H22ClFN8O4.C6H10F2/c1-16(2)38(14-22(40)34-13-17-4-3-5-20(29)24(17)30)23(41)15-39-21-7-6-18(12-19(21)25(36-39)26(33)42)35-27(43)37-10-8-28(31,32)9-11-37;1-12(2)32(10-18(34)28-9-14-4-3-5-16(24)20(14)25)19(35)11-33-17-7-6-13(23(37)29-31-27)8-15(17)21(30-33)22(26)36;7-6(8)4-2-1-3-5-6/h3-7,12,16H,8-11,13-15H2,1-2H3,(H2,33,42)(H,34,40)(H,35,43);3-8,12H,9-11H2,1-2H3,(H2,26,36)(H,28,34);1-5H2. The molecule has 0 radical (unpaired) electrons. The predicted molar refractivity (Wildman–Crippen MR) is 313 cm³/mol. The third-order valence-corrected chi connectivity index (χ3v) is 14.7. The highest BCUT2D eigenvalue weighted by Crippen LogP contribution is 2.33. The van der Waals surface area contributed by atoms with Gasteiger partial charge in [-0.2, -0.15) is 10.2 Å². The molecule has 0 bridgehead atoms. The summed E-state index contributed by atoms with van der Waals surface area (Å²) in [7, 11) is 0. The number of nitrogens with two attached hydrogens (primary N) is 2. The van der Waals surface area contributed by atoms with Crippen LogP contribution in [0.25, 0.3) is 32.2 Å². The van der Waals surface area contributed by atoms with E-state index in [1.54, 1.807) is 39.8 Å². The van der Waals surface area contributed by atoms with Crippen LogP contribution in [0.15, 0.2) is 77.9 Å². The highest BCUT2D eigenvalue weighted by Gasteiger charge is 2.36. The van der Waals surface area contributed by atoms with Gasteiger partial charge in [0.25, 0.3) is 17.7 Å². The van der Waals surface area contributed by atoms with E-state index in [2.05, 4.69) is 36.2 Å². The van der Waals surface area contributed by atoms with E-state index in [-0.39, 0.29) is 126 Å². The van der Waals surface area contributed by atoms with Gasteiger partial charge >= 0.3 is 6.03 Å². The van der Waals surface area contributed by atoms with Gasteiger partial charge in [0.05, 0.1) is 34.2 Å². The second kappa shape index (κ2) is 30.1. The molecule has 0 atom stereocenters. The number of azide groups is 1. The second-order valence-corrected chi connectivity index (χ2v) is 21.9. The number of nitrogens with zero attached hydrogens (tertiary/aromatic N) is 10. The monoisotopic (exact) mass is 1270 g/mol. The Kier molecular flexibility index (Phi) is 23.3. The number of benzene rings is 4. The van der Waals surface area contributed by atoms with Gasteiger partial charge in [0.1, 0.15) is 24.7 Å². The van der Waals surface area contributed by atoms with Crippen LogP contribution < -0.4 is 27.4 Å². The van der Waals surface area contributed by atoms with Crippen molar-refractivity contribution in [3.8, 4) is 0 Å². The second-order valence-electron chi connectivity index (χ2n) is 21.1. The number of nitrogens with one attached hydrogen (secondary N) is 3. The van der Waals surface area contributed by atoms with Crippen molar-refractivity contribution in [3.05, 3.63) is 133 Å². The van der Waals surface area contributed by atoms with Crippen molar-refractivity contribution in [1.29, 1.82) is 0 Å². The third kappa shape index (κ3) is 18.3. The number of alkyl halides is 4. The highest BCUT2D eigenvalue weighted by atomic mass is 35.5. The van der Waals surface area contributed by atoms with Crippen molar-refractivity contribution >= 4 is 98.1 Å². The largest absolute Gasteiger partial charge is 0.364 e. The van der Waals surface area contributed by atoms with E-state index in [0.717, 1.165) is 6.42 Å². The van der Waals surface area contributed by atoms with Crippen LogP contribution in [0.1, 0.15) is 115 Å². The van der Waals surface area contributed by atoms with Gasteiger partial charge in [-0.15, -0.1) is 0 Å². The number of rotatable bonds is 18. The summed E-state index contributed by atoms with van der Waals surface area (Å²) < 4.78 is 82.1. The molecule has 88 heavy (non-hydrogen) atoms. The molecule has 7 N–H and O–H groups in total. The zero-order chi connectivity index (χ0) is 64.8. The van der Waals surface area contributed by atoms with Gasteiger partial charge in [0.15, 0.2) is 11.4 Å². The normalized spacial score (nSPS) is 14.1. The van der Waals surface area contributed by atoms with Crippen LogP contribution in [0.3, 0.4) is 0 Å². The molecule has 0 spiro atoms. The zero-order valence-electron chi connectivity index (χ0n) is 48.1. The molecule has 470 valence electrons. The molecule has 1 aliphatic heterocycles. The van der Waals surface area contributed by atoms with Crippen molar-refractivity contribution in [2.75, 3.05) is 31.5 Å². The van der Waals surface area contributed by atoms with Crippen LogP contribution in [0.4, 0.5) is 36.8 Å². The summed E-state index contributed by atoms with van der Waals surface area (Å²) in [6.45, 7) is 5.10. The molecule has 1 aliphatic carbocycles. The van der Waals surface area contributed by atoms with Gasteiger partial charge in [0, 0.05) is 102 Å². The summed E-state index contributed by atoms with van der Waals surface area (Å²) in [5.41, 5.74) is 20.5. The minimum atomic E-state index is -2.80. The van der Waals surface area contributed by atoms with Crippen LogP contribution in [0.5, 0.6) is 0 Å². The third-order valence-electron chi connectivity index (χ3n) is 14.1. The smallest absolute Gasteiger partial charge is 0.321 e. The van der Waals surface area contributed by atoms with E-state index < -0.39 is 89.7 Å². The molecule has 9 amide bonds. The number of urea groups is 1. The van der Waals surface area contributed by atoms with Gasteiger partial charge in [0.2, 0.25) is 35.5 Å². The van der Waals surface area contributed by atoms with Crippen LogP contribution in [-0.2, 0) is 45.4 Å². The minimum absolute atomic E-state index is 0.00953. The zero-order valence-corrected chi connectivity index (χ0v) is 49.6. The number of carbonyl (C=O) groups excluding carboxylic acids is 8. The Morgan fingerprint density at radius 2 is 1.10 bits per heavy atom. The molecule has 3 heterocycles. The first-order valence-corrected chi connectivity index (χ1v) is 28.2. The summed E-state index contributed by atoms with van der Waals surface area (Å²) in [5.74, 6) is -11.1. The van der Waals surface area contributed by atoms with E-state index >= 15 is 0 Å². The number of carbonyl (C=O) groups is 8. The maximum Gasteiger partial charge on any atom is 0.321 e. The summed E-state index contributed by atoms with van der Waals surface area (Å²) in [6.07, 6.45) is 1.80. The van der Waals surface area contributed by atoms with Crippen LogP contribution >= 0.6 is 23.2 Å². The topological polar surface area (TPSA) is 319 Å². The first kappa shape index (κ1) is 68.2. The summed E-state index contributed by atoms with van der Waals surface area (Å²) in [5, 5.41) is 19.4. The Morgan fingerprint density at radius 3 is 1.52 bits per heavy atom. The summed E-state index contributed by atoms with van der Waals surface area (Å²) in [6, 6.07) is 16.1. The van der Waals surface area contributed by atoms with Crippen molar-refractivity contribution in [2.24, 2.45) is 16.6 Å². The molecule has 2 fully saturated rings. The van der Waals surface area contributed by atoms with Crippen molar-refractivity contribution in [3.63, 3.8) is 0 Å². The maximum atomic E-state index is 14.2. The lowest BCUT2D eigenvalue weighted by Gasteiger charge is -2.31. The lowest BCUT2D eigenvalue weighted by molar-refractivity contribution is -0.138. The minimum Gasteiger partial charge on any atom is -0.364 e. The molecule has 8 rings (SSSR count). The summed E-state index contributed by atoms with van der Waals surface area (Å²) in [4.78, 5) is 107. The number of halogens is 8. The molecule has 6 aromatic rings. The molecule has 2 aliphatic rings. The van der Waals surface area contributed by atoms with E-state index in [1.807, 2.05) is 0 Å². The average Bonchev–Trinajstić information content (AvgIpc) is 1.92. The number of amides is 9. The SMILES string of the molecule is CC(C)N(CC(=O)NCc1cccc(Cl)c1F)C(=O)Cn1nc(C(N)=O)c2cc(C(=O)N=[N+]=[N-])ccc21.CC(C)N(CC(=O)NCc1cccc(Cl)c1F)C(=O)Cn1nc(C(N)=O)c2cc(NC(=O)N3CCC(F)(F)CC3)ccc21.FC1(F)CCCCC1. The molecular formula is C57H63Cl2F6N15O8. The van der Waals surface area contributed by atoms with E-state index in [4.69, 9.17) is 40.2 Å². The number of anilines is 1. The molecule has 31 heteroatoms. The van der Waals surface area contributed by atoms with Gasteiger partial charge in [-0.3, -0.25) is 42.9 Å². The Labute approximate surface area is 509 Å². The highest BCUT2D eigenvalue weighted by molar-refractivity contribution is 6.31. The molecular weight excluding hydrogens is 1210 g/mol. The van der Waals surface area contributed by atoms with Gasteiger partial charge in [-0.1, -0.05) is 53.9 Å². The summed E-state index contributed by atoms with van der Waals surface area (Å²) >= 11 is 11.5. The Morgan fingerprint density at radius 1 is 0.659 bits per heavy atom. The lowest BCUT2D eigenvalue weighted by Crippen LogP contribution is -2.45. The van der Waals surface area contributed by atoms with Crippen LogP contribution in [0, 0.1) is 11.6 Å². The molecule has 4 aromatic carbocycles. The number of aromatic nitrogens is 4. The molecule has 0 unspecified atom stereocenters. The fraction of sp³-hybridized carbons (Fsp3) is 0.404. The van der Waals surface area contributed by atoms with Gasteiger partial charge in [-0.25, -0.2) is 31.1 Å².